The van der Waals surface area contributed by atoms with Crippen LogP contribution in [0.5, 0.6) is 0 Å². The van der Waals surface area contributed by atoms with Gasteiger partial charge in [0.2, 0.25) is 5.91 Å². The van der Waals surface area contributed by atoms with Crippen LogP contribution in [-0.4, -0.2) is 16.8 Å². The normalized spacial score (nSPS) is 22.2. The highest BCUT2D eigenvalue weighted by molar-refractivity contribution is 5.80. The van der Waals surface area contributed by atoms with Gasteiger partial charge in [-0.2, -0.15) is 0 Å². The Morgan fingerprint density at radius 3 is 2.60 bits per heavy atom. The van der Waals surface area contributed by atoms with E-state index in [0.717, 1.165) is 17.7 Å². The van der Waals surface area contributed by atoms with Crippen molar-refractivity contribution in [3.8, 4) is 0 Å². The zero-order valence-corrected chi connectivity index (χ0v) is 12.8. The SMILES string of the molecule is CC1CCCC1C(=O)N(Cc1ccccc1N)C(C)C. The molecule has 0 radical (unpaired) electrons. The van der Waals surface area contributed by atoms with Crippen molar-refractivity contribution in [2.45, 2.75) is 52.6 Å². The summed E-state index contributed by atoms with van der Waals surface area (Å²) in [6, 6.07) is 8.02. The molecule has 1 fully saturated rings. The number of carbonyl (C=O) groups excluding carboxylic acids is 1. The summed E-state index contributed by atoms with van der Waals surface area (Å²) < 4.78 is 0. The summed E-state index contributed by atoms with van der Waals surface area (Å²) in [4.78, 5) is 14.8. The number of hydrogen-bond acceptors (Lipinski definition) is 2. The van der Waals surface area contributed by atoms with E-state index in [9.17, 15) is 4.79 Å². The first-order valence-corrected chi connectivity index (χ1v) is 7.64. The maximum atomic E-state index is 12.8. The monoisotopic (exact) mass is 274 g/mol. The summed E-state index contributed by atoms with van der Waals surface area (Å²) in [7, 11) is 0. The molecule has 0 spiro atoms. The van der Waals surface area contributed by atoms with Gasteiger partial charge in [0.05, 0.1) is 0 Å². The van der Waals surface area contributed by atoms with Crippen LogP contribution in [0.2, 0.25) is 0 Å². The van der Waals surface area contributed by atoms with Gasteiger partial charge in [-0.3, -0.25) is 4.79 Å². The van der Waals surface area contributed by atoms with Crippen LogP contribution in [0.1, 0.15) is 45.6 Å². The fourth-order valence-electron chi connectivity index (χ4n) is 3.10. The molecule has 3 heteroatoms. The molecule has 2 rings (SSSR count). The Labute approximate surface area is 122 Å². The Morgan fingerprint density at radius 1 is 1.35 bits per heavy atom. The summed E-state index contributed by atoms with van der Waals surface area (Å²) >= 11 is 0. The van der Waals surface area contributed by atoms with Crippen molar-refractivity contribution in [3.05, 3.63) is 29.8 Å². The van der Waals surface area contributed by atoms with E-state index in [2.05, 4.69) is 20.8 Å². The van der Waals surface area contributed by atoms with E-state index in [4.69, 9.17) is 5.73 Å². The van der Waals surface area contributed by atoms with E-state index in [1.54, 1.807) is 0 Å². The Morgan fingerprint density at radius 2 is 2.05 bits per heavy atom. The molecule has 0 aliphatic heterocycles. The maximum Gasteiger partial charge on any atom is 0.226 e. The van der Waals surface area contributed by atoms with Crippen molar-refractivity contribution in [2.75, 3.05) is 5.73 Å². The van der Waals surface area contributed by atoms with Crippen molar-refractivity contribution in [1.29, 1.82) is 0 Å². The van der Waals surface area contributed by atoms with Gasteiger partial charge in [-0.15, -0.1) is 0 Å². The largest absolute Gasteiger partial charge is 0.398 e. The molecule has 20 heavy (non-hydrogen) atoms. The van der Waals surface area contributed by atoms with E-state index in [-0.39, 0.29) is 12.0 Å². The maximum absolute atomic E-state index is 12.8. The lowest BCUT2D eigenvalue weighted by Crippen LogP contribution is -2.41. The average Bonchev–Trinajstić information content (AvgIpc) is 2.83. The van der Waals surface area contributed by atoms with Gasteiger partial charge < -0.3 is 10.6 Å². The van der Waals surface area contributed by atoms with Crippen LogP contribution in [-0.2, 0) is 11.3 Å². The number of hydrogen-bond donors (Lipinski definition) is 1. The van der Waals surface area contributed by atoms with Crippen molar-refractivity contribution < 1.29 is 4.79 Å². The lowest BCUT2D eigenvalue weighted by atomic mass is 9.95. The third-order valence-electron chi connectivity index (χ3n) is 4.48. The van der Waals surface area contributed by atoms with Gasteiger partial charge in [0.25, 0.3) is 0 Å². The smallest absolute Gasteiger partial charge is 0.226 e. The Kier molecular flexibility index (Phi) is 4.69. The molecule has 1 aromatic rings. The third kappa shape index (κ3) is 3.14. The number of nitrogen functional groups attached to an aromatic ring is 1. The predicted molar refractivity (Wildman–Crippen MR) is 83.0 cm³/mol. The second-order valence-corrected chi connectivity index (χ2v) is 6.27. The number of anilines is 1. The highest BCUT2D eigenvalue weighted by Crippen LogP contribution is 2.33. The first-order chi connectivity index (χ1) is 9.50. The summed E-state index contributed by atoms with van der Waals surface area (Å²) in [6.45, 7) is 6.98. The lowest BCUT2D eigenvalue weighted by Gasteiger charge is -2.31. The van der Waals surface area contributed by atoms with Gasteiger partial charge in [0.1, 0.15) is 0 Å². The van der Waals surface area contributed by atoms with E-state index in [1.165, 1.54) is 12.8 Å². The predicted octanol–water partition coefficient (Wildman–Crippen LogP) is 3.44. The molecule has 1 aliphatic carbocycles. The van der Waals surface area contributed by atoms with Crippen LogP contribution in [0.25, 0.3) is 0 Å². The molecule has 1 saturated carbocycles. The summed E-state index contributed by atoms with van der Waals surface area (Å²) in [5.74, 6) is 1.01. The minimum absolute atomic E-state index is 0.197. The number of carbonyl (C=O) groups is 1. The van der Waals surface area contributed by atoms with Gasteiger partial charge in [0.15, 0.2) is 0 Å². The number of nitrogens with zero attached hydrogens (tertiary/aromatic N) is 1. The number of amides is 1. The summed E-state index contributed by atoms with van der Waals surface area (Å²) in [6.07, 6.45) is 3.39. The highest BCUT2D eigenvalue weighted by Gasteiger charge is 2.33. The molecule has 2 atom stereocenters. The Hall–Kier alpha value is -1.51. The second-order valence-electron chi connectivity index (χ2n) is 6.27. The average molecular weight is 274 g/mol. The molecule has 2 N–H and O–H groups in total. The van der Waals surface area contributed by atoms with E-state index >= 15 is 0 Å². The number of para-hydroxylation sites is 1. The van der Waals surface area contributed by atoms with E-state index in [0.29, 0.717) is 18.4 Å². The van der Waals surface area contributed by atoms with Crippen molar-refractivity contribution in [3.63, 3.8) is 0 Å². The molecule has 1 amide bonds. The van der Waals surface area contributed by atoms with Crippen LogP contribution >= 0.6 is 0 Å². The van der Waals surface area contributed by atoms with E-state index in [1.807, 2.05) is 29.2 Å². The molecule has 110 valence electrons. The topological polar surface area (TPSA) is 46.3 Å². The molecule has 2 unspecified atom stereocenters. The van der Waals surface area contributed by atoms with Crippen molar-refractivity contribution in [2.24, 2.45) is 11.8 Å². The zero-order valence-electron chi connectivity index (χ0n) is 12.8. The van der Waals surface area contributed by atoms with Crippen LogP contribution in [0.4, 0.5) is 5.69 Å². The number of rotatable bonds is 4. The highest BCUT2D eigenvalue weighted by atomic mass is 16.2. The Balaban J connectivity index is 2.15. The summed E-state index contributed by atoms with van der Waals surface area (Å²) in [5.41, 5.74) is 7.82. The fraction of sp³-hybridized carbons (Fsp3) is 0.588. The molecule has 0 bridgehead atoms. The quantitative estimate of drug-likeness (QED) is 0.855. The molecule has 0 saturated heterocycles. The van der Waals surface area contributed by atoms with Gasteiger partial charge in [-0.1, -0.05) is 31.5 Å². The van der Waals surface area contributed by atoms with Crippen LogP contribution in [0.15, 0.2) is 24.3 Å². The molecule has 1 aliphatic rings. The van der Waals surface area contributed by atoms with Gasteiger partial charge in [-0.05, 0) is 44.2 Å². The minimum Gasteiger partial charge on any atom is -0.398 e. The van der Waals surface area contributed by atoms with Crippen LogP contribution < -0.4 is 5.73 Å². The second kappa shape index (κ2) is 6.29. The van der Waals surface area contributed by atoms with Crippen molar-refractivity contribution >= 4 is 11.6 Å². The standard InChI is InChI=1S/C17H26N2O/c1-12(2)19(11-14-8-4-5-10-16(14)18)17(20)15-9-6-7-13(15)3/h4-5,8,10,12-13,15H,6-7,9,11,18H2,1-3H3. The number of benzene rings is 1. The molecular weight excluding hydrogens is 248 g/mol. The van der Waals surface area contributed by atoms with Gasteiger partial charge in [-0.25, -0.2) is 0 Å². The zero-order chi connectivity index (χ0) is 14.7. The van der Waals surface area contributed by atoms with E-state index < -0.39 is 0 Å². The molecule has 3 nitrogen and oxygen atoms in total. The minimum atomic E-state index is 0.197. The van der Waals surface area contributed by atoms with Crippen LogP contribution in [0, 0.1) is 11.8 Å². The summed E-state index contributed by atoms with van der Waals surface area (Å²) in [5, 5.41) is 0. The third-order valence-corrected chi connectivity index (χ3v) is 4.48. The number of nitrogens with two attached hydrogens (primary N) is 1. The lowest BCUT2D eigenvalue weighted by molar-refractivity contribution is -0.139. The fourth-order valence-corrected chi connectivity index (χ4v) is 3.10. The first kappa shape index (κ1) is 14.9. The van der Waals surface area contributed by atoms with Crippen molar-refractivity contribution in [1.82, 2.24) is 4.90 Å². The Bertz CT molecular complexity index is 470. The van der Waals surface area contributed by atoms with Gasteiger partial charge >= 0.3 is 0 Å². The first-order valence-electron chi connectivity index (χ1n) is 7.64. The van der Waals surface area contributed by atoms with Crippen LogP contribution in [0.3, 0.4) is 0 Å². The molecule has 0 aromatic heterocycles. The molecule has 1 aromatic carbocycles. The molecule has 0 heterocycles. The van der Waals surface area contributed by atoms with Gasteiger partial charge in [0, 0.05) is 24.2 Å². The molecular formula is C17H26N2O.